The molecule has 0 atom stereocenters. The fraction of sp³-hybridized carbons (Fsp3) is 0.333. The Balaban J connectivity index is 1.95. The van der Waals surface area contributed by atoms with Crippen LogP contribution in [0.1, 0.15) is 31.9 Å². The number of nitrogen functional groups attached to an aromatic ring is 1. The van der Waals surface area contributed by atoms with Crippen LogP contribution in [-0.2, 0) is 21.9 Å². The standard InChI is InChI=1S/C18H24N2O2S/c1-18(2,3)15-6-4-14(5-7-15)12-13-20-23(21,22)17-10-8-16(19)9-11-17/h4-11,20H,12-13,19H2,1-3H3. The molecule has 5 heteroatoms. The van der Waals surface area contributed by atoms with Crippen molar-refractivity contribution in [3.8, 4) is 0 Å². The number of sulfonamides is 1. The van der Waals surface area contributed by atoms with Crippen molar-refractivity contribution in [2.45, 2.75) is 37.5 Å². The number of anilines is 1. The molecule has 23 heavy (non-hydrogen) atoms. The summed E-state index contributed by atoms with van der Waals surface area (Å²) in [6.45, 7) is 6.87. The summed E-state index contributed by atoms with van der Waals surface area (Å²) in [6.07, 6.45) is 0.651. The van der Waals surface area contributed by atoms with Crippen molar-refractivity contribution in [2.75, 3.05) is 12.3 Å². The van der Waals surface area contributed by atoms with Crippen LogP contribution < -0.4 is 10.5 Å². The molecule has 3 N–H and O–H groups in total. The van der Waals surface area contributed by atoms with E-state index >= 15 is 0 Å². The highest BCUT2D eigenvalue weighted by Gasteiger charge is 2.14. The van der Waals surface area contributed by atoms with Crippen LogP contribution in [0.4, 0.5) is 5.69 Å². The molecule has 0 aliphatic carbocycles. The molecule has 0 bridgehead atoms. The largest absolute Gasteiger partial charge is 0.399 e. The number of nitrogens with one attached hydrogen (secondary N) is 1. The molecule has 0 saturated heterocycles. The van der Waals surface area contributed by atoms with Crippen LogP contribution in [0.25, 0.3) is 0 Å². The molecule has 2 aromatic carbocycles. The number of benzene rings is 2. The fourth-order valence-electron chi connectivity index (χ4n) is 2.23. The summed E-state index contributed by atoms with van der Waals surface area (Å²) >= 11 is 0. The van der Waals surface area contributed by atoms with Gasteiger partial charge in [-0.15, -0.1) is 0 Å². The smallest absolute Gasteiger partial charge is 0.240 e. The lowest BCUT2D eigenvalue weighted by molar-refractivity contribution is 0.581. The van der Waals surface area contributed by atoms with Crippen molar-refractivity contribution in [3.63, 3.8) is 0 Å². The second kappa shape index (κ2) is 6.72. The van der Waals surface area contributed by atoms with Crippen LogP contribution in [0.5, 0.6) is 0 Å². The summed E-state index contributed by atoms with van der Waals surface area (Å²) in [5.41, 5.74) is 8.61. The molecule has 0 spiro atoms. The van der Waals surface area contributed by atoms with E-state index in [4.69, 9.17) is 5.73 Å². The highest BCUT2D eigenvalue weighted by Crippen LogP contribution is 2.22. The van der Waals surface area contributed by atoms with Gasteiger partial charge in [0.2, 0.25) is 10.0 Å². The van der Waals surface area contributed by atoms with E-state index in [1.54, 1.807) is 12.1 Å². The molecule has 0 aromatic heterocycles. The molecule has 2 aromatic rings. The minimum atomic E-state index is -3.48. The van der Waals surface area contributed by atoms with Crippen molar-refractivity contribution in [1.82, 2.24) is 4.72 Å². The van der Waals surface area contributed by atoms with Crippen LogP contribution in [0, 0.1) is 0 Å². The first-order chi connectivity index (χ1) is 10.7. The fourth-order valence-corrected chi connectivity index (χ4v) is 3.26. The van der Waals surface area contributed by atoms with Crippen molar-refractivity contribution >= 4 is 15.7 Å². The second-order valence-electron chi connectivity index (χ2n) is 6.66. The van der Waals surface area contributed by atoms with E-state index in [9.17, 15) is 8.42 Å². The third-order valence-corrected chi connectivity index (χ3v) is 5.19. The van der Waals surface area contributed by atoms with Gasteiger partial charge in [-0.2, -0.15) is 0 Å². The van der Waals surface area contributed by atoms with Crippen LogP contribution in [-0.4, -0.2) is 15.0 Å². The van der Waals surface area contributed by atoms with Gasteiger partial charge in [0.25, 0.3) is 0 Å². The zero-order chi connectivity index (χ0) is 17.1. The normalized spacial score (nSPS) is 12.3. The SMILES string of the molecule is CC(C)(C)c1ccc(CCNS(=O)(=O)c2ccc(N)cc2)cc1. The monoisotopic (exact) mass is 332 g/mol. The first kappa shape index (κ1) is 17.5. The molecular formula is C18H24N2O2S. The lowest BCUT2D eigenvalue weighted by Crippen LogP contribution is -2.26. The van der Waals surface area contributed by atoms with Crippen molar-refractivity contribution < 1.29 is 8.42 Å². The number of rotatable bonds is 5. The molecular weight excluding hydrogens is 308 g/mol. The summed E-state index contributed by atoms with van der Waals surface area (Å²) in [5.74, 6) is 0. The van der Waals surface area contributed by atoms with E-state index in [2.05, 4.69) is 49.8 Å². The molecule has 2 rings (SSSR count). The van der Waals surface area contributed by atoms with E-state index in [1.165, 1.54) is 17.7 Å². The van der Waals surface area contributed by atoms with Crippen LogP contribution in [0.2, 0.25) is 0 Å². The number of hydrogen-bond acceptors (Lipinski definition) is 3. The van der Waals surface area contributed by atoms with Crippen LogP contribution >= 0.6 is 0 Å². The Bertz CT molecular complexity index is 743. The van der Waals surface area contributed by atoms with Crippen LogP contribution in [0.3, 0.4) is 0 Å². The molecule has 0 fully saturated rings. The molecule has 0 saturated carbocycles. The van der Waals surface area contributed by atoms with Crippen molar-refractivity contribution in [2.24, 2.45) is 0 Å². The molecule has 124 valence electrons. The van der Waals surface area contributed by atoms with E-state index in [-0.39, 0.29) is 10.3 Å². The maximum atomic E-state index is 12.2. The van der Waals surface area contributed by atoms with Gasteiger partial charge in [-0.1, -0.05) is 45.0 Å². The highest BCUT2D eigenvalue weighted by atomic mass is 32.2. The molecule has 4 nitrogen and oxygen atoms in total. The van der Waals surface area contributed by atoms with Crippen molar-refractivity contribution in [1.29, 1.82) is 0 Å². The van der Waals surface area contributed by atoms with E-state index in [1.807, 2.05) is 0 Å². The summed E-state index contributed by atoms with van der Waals surface area (Å²) in [4.78, 5) is 0.231. The van der Waals surface area contributed by atoms with Crippen LogP contribution in [0.15, 0.2) is 53.4 Å². The van der Waals surface area contributed by atoms with E-state index < -0.39 is 10.0 Å². The predicted octanol–water partition coefficient (Wildman–Crippen LogP) is 3.09. The summed E-state index contributed by atoms with van der Waals surface area (Å²) in [6, 6.07) is 14.5. The van der Waals surface area contributed by atoms with Gasteiger partial charge in [0.1, 0.15) is 0 Å². The first-order valence-corrected chi connectivity index (χ1v) is 9.11. The maximum absolute atomic E-state index is 12.2. The van der Waals surface area contributed by atoms with Gasteiger partial charge < -0.3 is 5.73 Å². The lowest BCUT2D eigenvalue weighted by atomic mass is 9.86. The quantitative estimate of drug-likeness (QED) is 0.827. The van der Waals surface area contributed by atoms with Gasteiger partial charge in [0.05, 0.1) is 4.90 Å². The molecule has 0 aliphatic rings. The predicted molar refractivity (Wildman–Crippen MR) is 94.9 cm³/mol. The molecule has 0 aliphatic heterocycles. The Morgan fingerprint density at radius 1 is 0.957 bits per heavy atom. The number of nitrogens with two attached hydrogens (primary N) is 1. The van der Waals surface area contributed by atoms with Gasteiger partial charge in [-0.3, -0.25) is 0 Å². The maximum Gasteiger partial charge on any atom is 0.240 e. The zero-order valence-corrected chi connectivity index (χ0v) is 14.7. The second-order valence-corrected chi connectivity index (χ2v) is 8.43. The summed E-state index contributed by atoms with van der Waals surface area (Å²) in [5, 5.41) is 0. The van der Waals surface area contributed by atoms with Gasteiger partial charge in [0, 0.05) is 12.2 Å². The lowest BCUT2D eigenvalue weighted by Gasteiger charge is -2.19. The van der Waals surface area contributed by atoms with Gasteiger partial charge in [0.15, 0.2) is 0 Å². The Morgan fingerprint density at radius 3 is 2.04 bits per heavy atom. The Morgan fingerprint density at radius 2 is 1.52 bits per heavy atom. The number of hydrogen-bond donors (Lipinski definition) is 2. The highest BCUT2D eigenvalue weighted by molar-refractivity contribution is 7.89. The Kier molecular flexibility index (Phi) is 5.12. The first-order valence-electron chi connectivity index (χ1n) is 7.63. The molecule has 0 radical (unpaired) electrons. The minimum Gasteiger partial charge on any atom is -0.399 e. The minimum absolute atomic E-state index is 0.120. The van der Waals surface area contributed by atoms with Gasteiger partial charge in [-0.05, 0) is 47.2 Å². The third kappa shape index (κ3) is 4.81. The van der Waals surface area contributed by atoms with E-state index in [0.29, 0.717) is 18.7 Å². The topological polar surface area (TPSA) is 72.2 Å². The average Bonchev–Trinajstić information content (AvgIpc) is 2.47. The average molecular weight is 332 g/mol. The summed E-state index contributed by atoms with van der Waals surface area (Å²) in [7, 11) is -3.48. The van der Waals surface area contributed by atoms with Gasteiger partial charge in [-0.25, -0.2) is 13.1 Å². The van der Waals surface area contributed by atoms with Crippen molar-refractivity contribution in [3.05, 3.63) is 59.7 Å². The zero-order valence-electron chi connectivity index (χ0n) is 13.8. The van der Waals surface area contributed by atoms with Gasteiger partial charge >= 0.3 is 0 Å². The molecule has 0 unspecified atom stereocenters. The van der Waals surface area contributed by atoms with E-state index in [0.717, 1.165) is 5.56 Å². The molecule has 0 amide bonds. The Labute approximate surface area is 138 Å². The molecule has 0 heterocycles. The Hall–Kier alpha value is -1.85. The summed E-state index contributed by atoms with van der Waals surface area (Å²) < 4.78 is 27.0. The third-order valence-electron chi connectivity index (χ3n) is 3.72.